The Hall–Kier alpha value is -0.283. The third-order valence-corrected chi connectivity index (χ3v) is 2.09. The largest absolute Gasteiger partial charge is 0.539 e. The summed E-state index contributed by atoms with van der Waals surface area (Å²) in [7, 11) is -0.472. The van der Waals surface area contributed by atoms with E-state index >= 15 is 0 Å². The van der Waals surface area contributed by atoms with Crippen molar-refractivity contribution in [2.75, 3.05) is 0 Å². The molecule has 1 aromatic rings. The summed E-state index contributed by atoms with van der Waals surface area (Å²) in [5, 5.41) is 0. The third-order valence-electron chi connectivity index (χ3n) is 0.964. The van der Waals surface area contributed by atoms with Crippen molar-refractivity contribution in [1.29, 1.82) is 0 Å². The van der Waals surface area contributed by atoms with Gasteiger partial charge in [0.05, 0.1) is 0 Å². The Morgan fingerprint density at radius 2 is 1.89 bits per heavy atom. The van der Waals surface area contributed by atoms with Crippen LogP contribution >= 0.6 is 15.3 Å². The lowest BCUT2D eigenvalue weighted by Crippen LogP contribution is -1.90. The van der Waals surface area contributed by atoms with Crippen molar-refractivity contribution in [2.24, 2.45) is 0 Å². The normalized spacial score (nSPS) is 10.3. The Labute approximate surface area is 64.6 Å². The van der Waals surface area contributed by atoms with Gasteiger partial charge in [0.25, 0.3) is 8.38 Å². The van der Waals surface area contributed by atoms with Crippen molar-refractivity contribution in [2.45, 2.75) is 0 Å². The molecule has 0 saturated carbocycles. The zero-order valence-corrected chi connectivity index (χ0v) is 7.88. The molecule has 0 aliphatic carbocycles. The molecule has 0 fully saturated rings. The minimum atomic E-state index is -0.472. The molecule has 1 aromatic carbocycles. The molecular formula is C6H7BrOSi. The van der Waals surface area contributed by atoms with Crippen LogP contribution in [0.3, 0.4) is 0 Å². The number of para-hydroxylation sites is 1. The highest BCUT2D eigenvalue weighted by atomic mass is 79.9. The number of hydrogen-bond donors (Lipinski definition) is 0. The number of halogens is 1. The monoisotopic (exact) mass is 202 g/mol. The van der Waals surface area contributed by atoms with Gasteiger partial charge >= 0.3 is 0 Å². The highest BCUT2D eigenvalue weighted by molar-refractivity contribution is 9.23. The first-order valence-corrected chi connectivity index (χ1v) is 7.15. The van der Waals surface area contributed by atoms with E-state index in [1.165, 1.54) is 0 Å². The predicted octanol–water partition coefficient (Wildman–Crippen LogP) is 1.46. The highest BCUT2D eigenvalue weighted by Gasteiger charge is 1.84. The summed E-state index contributed by atoms with van der Waals surface area (Å²) in [6.45, 7) is 0. The molecule has 48 valence electrons. The average Bonchev–Trinajstić information content (AvgIpc) is 1.91. The Kier molecular flexibility index (Phi) is 2.80. The molecule has 0 heterocycles. The molecule has 0 radical (unpaired) electrons. The summed E-state index contributed by atoms with van der Waals surface area (Å²) in [6.07, 6.45) is 0. The third kappa shape index (κ3) is 2.20. The van der Waals surface area contributed by atoms with Crippen LogP contribution in [-0.4, -0.2) is 8.38 Å². The summed E-state index contributed by atoms with van der Waals surface area (Å²) in [4.78, 5) is 0. The second kappa shape index (κ2) is 3.69. The van der Waals surface area contributed by atoms with E-state index in [2.05, 4.69) is 15.3 Å². The van der Waals surface area contributed by atoms with Gasteiger partial charge in [-0.3, -0.25) is 0 Å². The van der Waals surface area contributed by atoms with E-state index in [0.717, 1.165) is 5.75 Å². The van der Waals surface area contributed by atoms with Gasteiger partial charge in [-0.25, -0.2) is 0 Å². The van der Waals surface area contributed by atoms with Crippen molar-refractivity contribution < 1.29 is 4.43 Å². The molecular weight excluding hydrogens is 196 g/mol. The summed E-state index contributed by atoms with van der Waals surface area (Å²) in [5.74, 6) is 0.959. The van der Waals surface area contributed by atoms with Crippen LogP contribution in [0.25, 0.3) is 0 Å². The van der Waals surface area contributed by atoms with E-state index in [1.807, 2.05) is 30.3 Å². The minimum absolute atomic E-state index is 0.472. The minimum Gasteiger partial charge on any atom is -0.539 e. The lowest BCUT2D eigenvalue weighted by atomic mass is 10.3. The fourth-order valence-corrected chi connectivity index (χ4v) is 1.69. The van der Waals surface area contributed by atoms with E-state index < -0.39 is 8.38 Å². The Morgan fingerprint density at radius 3 is 2.44 bits per heavy atom. The summed E-state index contributed by atoms with van der Waals surface area (Å²) in [6, 6.07) is 9.81. The van der Waals surface area contributed by atoms with Gasteiger partial charge in [0.1, 0.15) is 5.75 Å². The smallest absolute Gasteiger partial charge is 0.290 e. The van der Waals surface area contributed by atoms with Crippen molar-refractivity contribution in [3.8, 4) is 5.75 Å². The molecule has 0 saturated heterocycles. The van der Waals surface area contributed by atoms with Gasteiger partial charge in [0, 0.05) is 0 Å². The lowest BCUT2D eigenvalue weighted by molar-refractivity contribution is 0.612. The summed E-state index contributed by atoms with van der Waals surface area (Å²) >= 11 is 3.30. The fourth-order valence-electron chi connectivity index (χ4n) is 0.580. The fraction of sp³-hybridized carbons (Fsp3) is 0. The second-order valence-electron chi connectivity index (χ2n) is 1.57. The molecule has 0 atom stereocenters. The maximum absolute atomic E-state index is 5.26. The van der Waals surface area contributed by atoms with E-state index in [9.17, 15) is 0 Å². The molecule has 1 nitrogen and oxygen atoms in total. The first-order chi connectivity index (χ1) is 4.43. The van der Waals surface area contributed by atoms with Crippen LogP contribution in [0.1, 0.15) is 0 Å². The molecule has 0 N–H and O–H groups in total. The van der Waals surface area contributed by atoms with Gasteiger partial charge in [0.2, 0.25) is 0 Å². The zero-order chi connectivity index (χ0) is 6.53. The zero-order valence-electron chi connectivity index (χ0n) is 4.88. The van der Waals surface area contributed by atoms with Crippen LogP contribution in [-0.2, 0) is 0 Å². The Balaban J connectivity index is 2.61. The van der Waals surface area contributed by atoms with Gasteiger partial charge in [-0.15, -0.1) is 0 Å². The van der Waals surface area contributed by atoms with Gasteiger partial charge in [0.15, 0.2) is 0 Å². The molecule has 0 amide bonds. The summed E-state index contributed by atoms with van der Waals surface area (Å²) in [5.41, 5.74) is 0. The van der Waals surface area contributed by atoms with Gasteiger partial charge in [-0.1, -0.05) is 33.5 Å². The van der Waals surface area contributed by atoms with Crippen LogP contribution in [0, 0.1) is 0 Å². The lowest BCUT2D eigenvalue weighted by Gasteiger charge is -1.98. The van der Waals surface area contributed by atoms with Gasteiger partial charge in [-0.2, -0.15) is 0 Å². The van der Waals surface area contributed by atoms with Crippen molar-refractivity contribution in [1.82, 2.24) is 0 Å². The second-order valence-corrected chi connectivity index (χ2v) is 3.45. The van der Waals surface area contributed by atoms with Crippen molar-refractivity contribution in [3.05, 3.63) is 30.3 Å². The molecule has 9 heavy (non-hydrogen) atoms. The number of hydrogen-bond acceptors (Lipinski definition) is 1. The Morgan fingerprint density at radius 1 is 1.22 bits per heavy atom. The van der Waals surface area contributed by atoms with Crippen molar-refractivity contribution >= 4 is 23.7 Å². The molecule has 1 rings (SSSR count). The van der Waals surface area contributed by atoms with E-state index in [4.69, 9.17) is 4.43 Å². The molecule has 0 aromatic heterocycles. The van der Waals surface area contributed by atoms with E-state index in [-0.39, 0.29) is 0 Å². The SMILES string of the molecule is Br[SiH2]Oc1ccccc1. The molecule has 0 aliphatic heterocycles. The average molecular weight is 203 g/mol. The molecule has 0 unspecified atom stereocenters. The quantitative estimate of drug-likeness (QED) is 0.522. The number of rotatable bonds is 2. The first kappa shape index (κ1) is 6.83. The summed E-state index contributed by atoms with van der Waals surface area (Å²) < 4.78 is 5.26. The highest BCUT2D eigenvalue weighted by Crippen LogP contribution is 2.07. The topological polar surface area (TPSA) is 9.23 Å². The maximum atomic E-state index is 5.26. The van der Waals surface area contributed by atoms with Gasteiger partial charge < -0.3 is 4.43 Å². The molecule has 0 spiro atoms. The number of benzene rings is 1. The van der Waals surface area contributed by atoms with Crippen LogP contribution in [0.2, 0.25) is 0 Å². The van der Waals surface area contributed by atoms with Crippen LogP contribution in [0.15, 0.2) is 30.3 Å². The van der Waals surface area contributed by atoms with E-state index in [1.54, 1.807) is 0 Å². The predicted molar refractivity (Wildman–Crippen MR) is 44.5 cm³/mol. The van der Waals surface area contributed by atoms with Gasteiger partial charge in [-0.05, 0) is 12.1 Å². The maximum Gasteiger partial charge on any atom is 0.290 e. The first-order valence-electron chi connectivity index (χ1n) is 2.67. The van der Waals surface area contributed by atoms with Crippen LogP contribution in [0.5, 0.6) is 5.75 Å². The molecule has 3 heteroatoms. The van der Waals surface area contributed by atoms with Crippen LogP contribution < -0.4 is 4.43 Å². The molecule has 0 aliphatic rings. The van der Waals surface area contributed by atoms with Crippen LogP contribution in [0.4, 0.5) is 0 Å². The molecule has 0 bridgehead atoms. The Bertz CT molecular complexity index is 166. The van der Waals surface area contributed by atoms with E-state index in [0.29, 0.717) is 0 Å². The standard InChI is InChI=1S/C6H7BrOSi/c7-9-8-6-4-2-1-3-5-6/h1-5H,9H2. The van der Waals surface area contributed by atoms with Crippen molar-refractivity contribution in [3.63, 3.8) is 0 Å².